The highest BCUT2D eigenvalue weighted by atomic mass is 79.9. The zero-order chi connectivity index (χ0) is 12.4. The predicted octanol–water partition coefficient (Wildman–Crippen LogP) is 3.84. The van der Waals surface area contributed by atoms with Crippen LogP contribution < -0.4 is 0 Å². The number of halogens is 1. The Balaban J connectivity index is 2.12. The van der Waals surface area contributed by atoms with Crippen molar-refractivity contribution in [3.8, 4) is 5.75 Å². The monoisotopic (exact) mass is 297 g/mol. The minimum Gasteiger partial charge on any atom is -0.507 e. The third-order valence-electron chi connectivity index (χ3n) is 3.71. The molecule has 0 heterocycles. The average Bonchev–Trinajstić information content (AvgIpc) is 2.78. The molecule has 1 aliphatic rings. The Morgan fingerprint density at radius 1 is 1.35 bits per heavy atom. The van der Waals surface area contributed by atoms with Crippen molar-refractivity contribution in [2.24, 2.45) is 0 Å². The minimum absolute atomic E-state index is 0.443. The number of aromatic hydroxyl groups is 1. The normalized spacial score (nSPS) is 16.9. The summed E-state index contributed by atoms with van der Waals surface area (Å²) in [5, 5.41) is 10.1. The lowest BCUT2D eigenvalue weighted by Gasteiger charge is -2.24. The fourth-order valence-electron chi connectivity index (χ4n) is 2.67. The maximum absolute atomic E-state index is 10.1. The summed E-state index contributed by atoms with van der Waals surface area (Å²) in [6.07, 6.45) is 5.28. The Labute approximate surface area is 112 Å². The van der Waals surface area contributed by atoms with Crippen LogP contribution in [0.2, 0.25) is 0 Å². The van der Waals surface area contributed by atoms with Crippen LogP contribution in [0.4, 0.5) is 0 Å². The smallest absolute Gasteiger partial charge is 0.123 e. The van der Waals surface area contributed by atoms with E-state index in [1.165, 1.54) is 25.7 Å². The number of hydrogen-bond acceptors (Lipinski definition) is 2. The van der Waals surface area contributed by atoms with Crippen LogP contribution in [0, 0.1) is 6.92 Å². The summed E-state index contributed by atoms with van der Waals surface area (Å²) in [6, 6.07) is 4.66. The summed E-state index contributed by atoms with van der Waals surface area (Å²) in [6.45, 7) is 2.77. The van der Waals surface area contributed by atoms with E-state index in [1.807, 2.05) is 19.1 Å². The van der Waals surface area contributed by atoms with Crippen molar-refractivity contribution < 1.29 is 5.11 Å². The van der Waals surface area contributed by atoms with Gasteiger partial charge in [0.2, 0.25) is 0 Å². The van der Waals surface area contributed by atoms with Crippen LogP contribution in [-0.4, -0.2) is 23.1 Å². The topological polar surface area (TPSA) is 23.5 Å². The molecule has 1 saturated carbocycles. The van der Waals surface area contributed by atoms with Crippen LogP contribution in [0.15, 0.2) is 16.6 Å². The fraction of sp³-hybridized carbons (Fsp3) is 0.571. The lowest BCUT2D eigenvalue weighted by molar-refractivity contribution is 0.234. The largest absolute Gasteiger partial charge is 0.507 e. The first-order chi connectivity index (χ1) is 8.08. The first-order valence-corrected chi connectivity index (χ1v) is 7.05. The van der Waals surface area contributed by atoms with Gasteiger partial charge in [-0.3, -0.25) is 4.90 Å². The maximum atomic E-state index is 10.1. The molecule has 1 aromatic carbocycles. The molecule has 0 aliphatic heterocycles. The lowest BCUT2D eigenvalue weighted by atomic mass is 10.1. The van der Waals surface area contributed by atoms with Gasteiger partial charge in [0.25, 0.3) is 0 Å². The number of hydrogen-bond donors (Lipinski definition) is 1. The summed E-state index contributed by atoms with van der Waals surface area (Å²) < 4.78 is 1.04. The molecule has 0 bridgehead atoms. The summed E-state index contributed by atoms with van der Waals surface area (Å²) in [5.41, 5.74) is 1.96. The number of nitrogens with zero attached hydrogens (tertiary/aromatic N) is 1. The van der Waals surface area contributed by atoms with E-state index in [1.54, 1.807) is 0 Å². The molecule has 0 amide bonds. The maximum Gasteiger partial charge on any atom is 0.123 e. The molecule has 0 unspecified atom stereocenters. The molecule has 0 spiro atoms. The summed E-state index contributed by atoms with van der Waals surface area (Å²) in [7, 11) is 2.16. The van der Waals surface area contributed by atoms with E-state index < -0.39 is 0 Å². The highest BCUT2D eigenvalue weighted by Crippen LogP contribution is 2.30. The molecule has 1 N–H and O–H groups in total. The Hall–Kier alpha value is -0.540. The second kappa shape index (κ2) is 5.40. The van der Waals surface area contributed by atoms with Gasteiger partial charge in [0, 0.05) is 22.6 Å². The summed E-state index contributed by atoms with van der Waals surface area (Å²) >= 11 is 3.49. The van der Waals surface area contributed by atoms with Crippen molar-refractivity contribution in [2.75, 3.05) is 7.05 Å². The van der Waals surface area contributed by atoms with Gasteiger partial charge in [0.15, 0.2) is 0 Å². The highest BCUT2D eigenvalue weighted by Gasteiger charge is 2.20. The van der Waals surface area contributed by atoms with E-state index in [0.717, 1.165) is 22.1 Å². The van der Waals surface area contributed by atoms with Crippen LogP contribution in [0.3, 0.4) is 0 Å². The quantitative estimate of drug-likeness (QED) is 0.916. The van der Waals surface area contributed by atoms with Crippen molar-refractivity contribution in [1.82, 2.24) is 4.90 Å². The molecule has 3 heteroatoms. The van der Waals surface area contributed by atoms with Crippen LogP contribution in [0.25, 0.3) is 0 Å². The van der Waals surface area contributed by atoms with Crippen LogP contribution in [0.1, 0.15) is 36.8 Å². The Bertz CT molecular complexity index is 399. The van der Waals surface area contributed by atoms with Gasteiger partial charge in [-0.1, -0.05) is 28.8 Å². The Morgan fingerprint density at radius 3 is 2.65 bits per heavy atom. The van der Waals surface area contributed by atoms with Crippen LogP contribution in [-0.2, 0) is 6.54 Å². The second-order valence-electron chi connectivity index (χ2n) is 5.08. The van der Waals surface area contributed by atoms with Gasteiger partial charge < -0.3 is 5.11 Å². The molecular weight excluding hydrogens is 278 g/mol. The second-order valence-corrected chi connectivity index (χ2v) is 6.00. The Kier molecular flexibility index (Phi) is 4.10. The van der Waals surface area contributed by atoms with E-state index in [9.17, 15) is 5.11 Å². The van der Waals surface area contributed by atoms with Gasteiger partial charge in [-0.15, -0.1) is 0 Å². The summed E-state index contributed by atoms with van der Waals surface area (Å²) in [4.78, 5) is 2.37. The molecule has 17 heavy (non-hydrogen) atoms. The van der Waals surface area contributed by atoms with E-state index in [-0.39, 0.29) is 0 Å². The number of rotatable bonds is 3. The zero-order valence-electron chi connectivity index (χ0n) is 10.5. The van der Waals surface area contributed by atoms with Crippen molar-refractivity contribution >= 4 is 15.9 Å². The number of phenolic OH excluding ortho intramolecular Hbond substituents is 1. The first-order valence-electron chi connectivity index (χ1n) is 6.26. The molecule has 94 valence electrons. The number of aryl methyl sites for hydroxylation is 1. The van der Waals surface area contributed by atoms with Crippen molar-refractivity contribution in [1.29, 1.82) is 0 Å². The van der Waals surface area contributed by atoms with Gasteiger partial charge >= 0.3 is 0 Å². The third-order valence-corrected chi connectivity index (χ3v) is 4.17. The predicted molar refractivity (Wildman–Crippen MR) is 74.3 cm³/mol. The third kappa shape index (κ3) is 3.02. The van der Waals surface area contributed by atoms with E-state index >= 15 is 0 Å². The van der Waals surface area contributed by atoms with Gasteiger partial charge in [-0.25, -0.2) is 0 Å². The molecule has 0 aromatic heterocycles. The standard InChI is InChI=1S/C14H20BrNO/c1-10-7-12(15)8-11(14(10)17)9-16(2)13-5-3-4-6-13/h7-8,13,17H,3-6,9H2,1-2H3. The van der Waals surface area contributed by atoms with Crippen molar-refractivity contribution in [3.63, 3.8) is 0 Å². The van der Waals surface area contributed by atoms with Crippen LogP contribution in [0.5, 0.6) is 5.75 Å². The van der Waals surface area contributed by atoms with Gasteiger partial charge in [0.05, 0.1) is 0 Å². The number of benzene rings is 1. The molecule has 1 aromatic rings. The highest BCUT2D eigenvalue weighted by molar-refractivity contribution is 9.10. The van der Waals surface area contributed by atoms with E-state index in [4.69, 9.17) is 0 Å². The molecule has 2 nitrogen and oxygen atoms in total. The molecule has 0 radical (unpaired) electrons. The average molecular weight is 298 g/mol. The molecule has 1 aliphatic carbocycles. The molecule has 0 atom stereocenters. The lowest BCUT2D eigenvalue weighted by Crippen LogP contribution is -2.28. The van der Waals surface area contributed by atoms with Gasteiger partial charge in [-0.05, 0) is 44.5 Å². The molecule has 0 saturated heterocycles. The molecule has 2 rings (SSSR count). The van der Waals surface area contributed by atoms with Crippen LogP contribution >= 0.6 is 15.9 Å². The van der Waals surface area contributed by atoms with E-state index in [2.05, 4.69) is 27.9 Å². The minimum atomic E-state index is 0.443. The van der Waals surface area contributed by atoms with Crippen molar-refractivity contribution in [2.45, 2.75) is 45.2 Å². The first kappa shape index (κ1) is 12.9. The SMILES string of the molecule is Cc1cc(Br)cc(CN(C)C2CCCC2)c1O. The van der Waals surface area contributed by atoms with Gasteiger partial charge in [-0.2, -0.15) is 0 Å². The summed E-state index contributed by atoms with van der Waals surface area (Å²) in [5.74, 6) is 0.443. The van der Waals surface area contributed by atoms with Crippen molar-refractivity contribution in [3.05, 3.63) is 27.7 Å². The zero-order valence-corrected chi connectivity index (χ0v) is 12.1. The fourth-order valence-corrected chi connectivity index (χ4v) is 3.29. The molecule has 1 fully saturated rings. The Morgan fingerprint density at radius 2 is 2.00 bits per heavy atom. The van der Waals surface area contributed by atoms with Gasteiger partial charge in [0.1, 0.15) is 5.75 Å². The molecular formula is C14H20BrNO. The number of phenols is 1. The van der Waals surface area contributed by atoms with E-state index in [0.29, 0.717) is 11.8 Å².